The highest BCUT2D eigenvalue weighted by Gasteiger charge is 2.24. The summed E-state index contributed by atoms with van der Waals surface area (Å²) in [5, 5.41) is 12.2. The van der Waals surface area contributed by atoms with Gasteiger partial charge in [-0.3, -0.25) is 9.48 Å². The van der Waals surface area contributed by atoms with Crippen molar-refractivity contribution in [2.24, 2.45) is 0 Å². The number of nitrogens with zero attached hydrogens (tertiary/aromatic N) is 5. The maximum Gasteiger partial charge on any atom is 0.298 e. The average Bonchev–Trinajstić information content (AvgIpc) is 3.02. The number of fused-ring (bicyclic) bond motifs is 1. The number of hydrogen-bond donors (Lipinski definition) is 0. The monoisotopic (exact) mass is 361 g/mol. The summed E-state index contributed by atoms with van der Waals surface area (Å²) < 4.78 is 35.8. The van der Waals surface area contributed by atoms with Gasteiger partial charge in [0.1, 0.15) is 17.2 Å². The lowest BCUT2D eigenvalue weighted by molar-refractivity contribution is 0.00205. The quantitative estimate of drug-likeness (QED) is 0.714. The molecule has 2 atom stereocenters. The minimum absolute atomic E-state index is 0.0414. The standard InChI is InChI=1S/C17H17F2N5O2/c1-10-7-11(5-6-26-10)24-17(25)16-15(20-22-24)9-23(21-16)8-12-13(18)3-2-4-14(12)19/h2-4,9-11H,5-8H2,1H3/t10-,11-/m1/s1. The van der Waals surface area contributed by atoms with Crippen molar-refractivity contribution in [1.29, 1.82) is 0 Å². The van der Waals surface area contributed by atoms with E-state index >= 15 is 0 Å². The first-order chi connectivity index (χ1) is 12.5. The van der Waals surface area contributed by atoms with Crippen molar-refractivity contribution in [2.75, 3.05) is 6.61 Å². The fraction of sp³-hybridized carbons (Fsp3) is 0.412. The second-order valence-electron chi connectivity index (χ2n) is 6.46. The highest BCUT2D eigenvalue weighted by atomic mass is 19.1. The van der Waals surface area contributed by atoms with Crippen molar-refractivity contribution >= 4 is 11.0 Å². The van der Waals surface area contributed by atoms with Crippen LogP contribution in [0.15, 0.2) is 29.2 Å². The number of ether oxygens (including phenoxy) is 1. The van der Waals surface area contributed by atoms with E-state index in [1.54, 1.807) is 0 Å². The fourth-order valence-electron chi connectivity index (χ4n) is 3.24. The van der Waals surface area contributed by atoms with Crippen LogP contribution >= 0.6 is 0 Å². The molecule has 0 amide bonds. The Morgan fingerprint density at radius 3 is 2.81 bits per heavy atom. The second-order valence-corrected chi connectivity index (χ2v) is 6.46. The van der Waals surface area contributed by atoms with E-state index in [-0.39, 0.29) is 35.3 Å². The normalized spacial score (nSPS) is 20.6. The largest absolute Gasteiger partial charge is 0.378 e. The lowest BCUT2D eigenvalue weighted by atomic mass is 10.0. The molecule has 1 aliphatic heterocycles. The molecule has 1 fully saturated rings. The third-order valence-corrected chi connectivity index (χ3v) is 4.59. The van der Waals surface area contributed by atoms with Crippen LogP contribution in [0, 0.1) is 11.6 Å². The van der Waals surface area contributed by atoms with Crippen molar-refractivity contribution < 1.29 is 13.5 Å². The maximum absolute atomic E-state index is 13.8. The molecule has 0 bridgehead atoms. The Balaban J connectivity index is 1.69. The molecule has 0 radical (unpaired) electrons. The summed E-state index contributed by atoms with van der Waals surface area (Å²) >= 11 is 0. The van der Waals surface area contributed by atoms with Gasteiger partial charge in [0, 0.05) is 12.2 Å². The molecule has 4 rings (SSSR count). The van der Waals surface area contributed by atoms with Gasteiger partial charge < -0.3 is 4.74 Å². The van der Waals surface area contributed by atoms with Gasteiger partial charge in [0.05, 0.1) is 24.9 Å². The van der Waals surface area contributed by atoms with E-state index in [9.17, 15) is 13.6 Å². The predicted molar refractivity (Wildman–Crippen MR) is 88.7 cm³/mol. The number of halogens is 2. The third-order valence-electron chi connectivity index (χ3n) is 4.59. The number of hydrogen-bond acceptors (Lipinski definition) is 5. The molecule has 1 aliphatic rings. The highest BCUT2D eigenvalue weighted by Crippen LogP contribution is 2.23. The zero-order valence-corrected chi connectivity index (χ0v) is 14.1. The van der Waals surface area contributed by atoms with E-state index in [1.807, 2.05) is 6.92 Å². The molecule has 7 nitrogen and oxygen atoms in total. The van der Waals surface area contributed by atoms with Crippen LogP contribution in [0.4, 0.5) is 8.78 Å². The SMILES string of the molecule is C[C@@H]1C[C@H](n2nnc3cn(Cc4c(F)cccc4F)nc3c2=O)CCO1. The van der Waals surface area contributed by atoms with Gasteiger partial charge in [-0.05, 0) is 31.9 Å². The molecule has 0 unspecified atom stereocenters. The minimum atomic E-state index is -0.663. The Hall–Kier alpha value is -2.68. The summed E-state index contributed by atoms with van der Waals surface area (Å²) in [5.41, 5.74) is -0.0484. The van der Waals surface area contributed by atoms with E-state index in [4.69, 9.17) is 4.74 Å². The van der Waals surface area contributed by atoms with E-state index in [1.165, 1.54) is 33.8 Å². The lowest BCUT2D eigenvalue weighted by Crippen LogP contribution is -2.34. The molecule has 9 heteroatoms. The summed E-state index contributed by atoms with van der Waals surface area (Å²) in [5.74, 6) is -1.33. The van der Waals surface area contributed by atoms with Crippen molar-refractivity contribution in [3.05, 3.63) is 51.9 Å². The van der Waals surface area contributed by atoms with Gasteiger partial charge in [0.25, 0.3) is 5.56 Å². The molecular weight excluding hydrogens is 344 g/mol. The summed E-state index contributed by atoms with van der Waals surface area (Å²) in [7, 11) is 0. The minimum Gasteiger partial charge on any atom is -0.378 e. The lowest BCUT2D eigenvalue weighted by Gasteiger charge is -2.27. The average molecular weight is 361 g/mol. The maximum atomic E-state index is 13.8. The van der Waals surface area contributed by atoms with Crippen molar-refractivity contribution in [3.8, 4) is 0 Å². The van der Waals surface area contributed by atoms with Gasteiger partial charge in [-0.25, -0.2) is 13.5 Å². The first-order valence-electron chi connectivity index (χ1n) is 8.40. The zero-order chi connectivity index (χ0) is 18.3. The van der Waals surface area contributed by atoms with Crippen LogP contribution in [0.25, 0.3) is 11.0 Å². The van der Waals surface area contributed by atoms with Crippen LogP contribution in [-0.2, 0) is 11.3 Å². The molecule has 1 aromatic carbocycles. The van der Waals surface area contributed by atoms with Crippen LogP contribution < -0.4 is 5.56 Å². The summed E-state index contributed by atoms with van der Waals surface area (Å²) in [6, 6.07) is 3.56. The molecule has 1 saturated heterocycles. The Labute approximate surface area is 147 Å². The van der Waals surface area contributed by atoms with E-state index in [0.717, 1.165) is 0 Å². The Kier molecular flexibility index (Phi) is 4.23. The van der Waals surface area contributed by atoms with E-state index in [2.05, 4.69) is 15.4 Å². The van der Waals surface area contributed by atoms with Gasteiger partial charge in [-0.1, -0.05) is 11.3 Å². The number of aromatic nitrogens is 5. The van der Waals surface area contributed by atoms with Crippen LogP contribution in [0.3, 0.4) is 0 Å². The fourth-order valence-corrected chi connectivity index (χ4v) is 3.24. The first-order valence-corrected chi connectivity index (χ1v) is 8.40. The van der Waals surface area contributed by atoms with Crippen molar-refractivity contribution in [2.45, 2.75) is 38.5 Å². The molecule has 2 aromatic heterocycles. The molecule has 0 spiro atoms. The van der Waals surface area contributed by atoms with Gasteiger partial charge in [-0.2, -0.15) is 5.10 Å². The second kappa shape index (κ2) is 6.56. The predicted octanol–water partition coefficient (Wildman–Crippen LogP) is 2.05. The van der Waals surface area contributed by atoms with Crippen LogP contribution in [0.2, 0.25) is 0 Å². The Morgan fingerprint density at radius 1 is 1.31 bits per heavy atom. The molecule has 0 N–H and O–H groups in total. The topological polar surface area (TPSA) is 74.8 Å². The Morgan fingerprint density at radius 2 is 2.08 bits per heavy atom. The first kappa shape index (κ1) is 16.8. The van der Waals surface area contributed by atoms with Crippen molar-refractivity contribution in [3.63, 3.8) is 0 Å². The molecule has 0 aliphatic carbocycles. The molecule has 26 heavy (non-hydrogen) atoms. The summed E-state index contributed by atoms with van der Waals surface area (Å²) in [6.45, 7) is 2.36. The van der Waals surface area contributed by atoms with Gasteiger partial charge >= 0.3 is 0 Å². The third kappa shape index (κ3) is 2.98. The molecule has 3 heterocycles. The molecule has 3 aromatic rings. The van der Waals surface area contributed by atoms with Gasteiger partial charge in [0.2, 0.25) is 0 Å². The smallest absolute Gasteiger partial charge is 0.298 e. The zero-order valence-electron chi connectivity index (χ0n) is 14.1. The van der Waals surface area contributed by atoms with Gasteiger partial charge in [-0.15, -0.1) is 5.10 Å². The Bertz CT molecular complexity index is 996. The summed E-state index contributed by atoms with van der Waals surface area (Å²) in [4.78, 5) is 12.7. The van der Waals surface area contributed by atoms with E-state index in [0.29, 0.717) is 25.0 Å². The molecular formula is C17H17F2N5O2. The van der Waals surface area contributed by atoms with Gasteiger partial charge in [0.15, 0.2) is 5.52 Å². The summed E-state index contributed by atoms with van der Waals surface area (Å²) in [6.07, 6.45) is 2.85. The number of rotatable bonds is 3. The van der Waals surface area contributed by atoms with Crippen LogP contribution in [0.5, 0.6) is 0 Å². The van der Waals surface area contributed by atoms with Crippen LogP contribution in [0.1, 0.15) is 31.4 Å². The molecule has 136 valence electrons. The van der Waals surface area contributed by atoms with Crippen LogP contribution in [-0.4, -0.2) is 37.5 Å². The van der Waals surface area contributed by atoms with Crippen molar-refractivity contribution in [1.82, 2.24) is 24.8 Å². The van der Waals surface area contributed by atoms with E-state index < -0.39 is 11.6 Å². The number of benzene rings is 1. The molecule has 0 saturated carbocycles. The highest BCUT2D eigenvalue weighted by molar-refractivity contribution is 5.71.